The molecule has 136 valence electrons. The quantitative estimate of drug-likeness (QED) is 0.666. The molecule has 27 heavy (non-hydrogen) atoms. The van der Waals surface area contributed by atoms with Crippen LogP contribution in [-0.4, -0.2) is 39.3 Å². The van der Waals surface area contributed by atoms with Gasteiger partial charge in [0.2, 0.25) is 0 Å². The molecule has 7 heteroatoms. The predicted molar refractivity (Wildman–Crippen MR) is 98.7 cm³/mol. The van der Waals surface area contributed by atoms with E-state index in [0.717, 1.165) is 23.4 Å². The zero-order valence-electron chi connectivity index (χ0n) is 14.8. The number of fused-ring (bicyclic) bond motifs is 1. The van der Waals surface area contributed by atoms with Gasteiger partial charge in [-0.2, -0.15) is 5.10 Å². The monoisotopic (exact) mass is 362 g/mol. The van der Waals surface area contributed by atoms with E-state index in [1.54, 1.807) is 40.2 Å². The van der Waals surface area contributed by atoms with E-state index in [0.29, 0.717) is 5.56 Å². The highest BCUT2D eigenvalue weighted by molar-refractivity contribution is 5.99. The summed E-state index contributed by atoms with van der Waals surface area (Å²) in [4.78, 5) is 30.4. The number of benzene rings is 2. The molecule has 2 heterocycles. The average molecular weight is 362 g/mol. The third kappa shape index (κ3) is 3.31. The van der Waals surface area contributed by atoms with Crippen LogP contribution in [-0.2, 0) is 16.0 Å². The van der Waals surface area contributed by atoms with E-state index in [4.69, 9.17) is 4.74 Å². The number of hydrogen-bond donors (Lipinski definition) is 0. The Balaban J connectivity index is 1.40. The summed E-state index contributed by atoms with van der Waals surface area (Å²) >= 11 is 0. The molecule has 1 aromatic heterocycles. The van der Waals surface area contributed by atoms with Gasteiger partial charge in [0.05, 0.1) is 11.3 Å². The highest BCUT2D eigenvalue weighted by atomic mass is 16.5. The second kappa shape index (κ2) is 7.03. The molecule has 0 saturated heterocycles. The van der Waals surface area contributed by atoms with Crippen molar-refractivity contribution in [2.24, 2.45) is 0 Å². The summed E-state index contributed by atoms with van der Waals surface area (Å²) in [7, 11) is 0. The first-order valence-electron chi connectivity index (χ1n) is 8.65. The van der Waals surface area contributed by atoms with E-state index in [9.17, 15) is 9.59 Å². The summed E-state index contributed by atoms with van der Waals surface area (Å²) in [5.74, 6) is -0.756. The minimum atomic E-state index is -0.534. The van der Waals surface area contributed by atoms with Gasteiger partial charge >= 0.3 is 5.97 Å². The number of amides is 1. The van der Waals surface area contributed by atoms with E-state index < -0.39 is 5.97 Å². The smallest absolute Gasteiger partial charge is 0.338 e. The molecule has 0 radical (unpaired) electrons. The van der Waals surface area contributed by atoms with Crippen molar-refractivity contribution in [1.82, 2.24) is 14.8 Å². The van der Waals surface area contributed by atoms with Crippen molar-refractivity contribution >= 4 is 17.6 Å². The fraction of sp³-hybridized carbons (Fsp3) is 0.200. The van der Waals surface area contributed by atoms with Crippen LogP contribution in [0.3, 0.4) is 0 Å². The molecule has 2 aromatic carbocycles. The molecule has 0 fully saturated rings. The maximum atomic E-state index is 12.6. The lowest BCUT2D eigenvalue weighted by molar-refractivity contribution is -0.122. The lowest BCUT2D eigenvalue weighted by Gasteiger charge is -2.22. The molecular weight excluding hydrogens is 344 g/mol. The summed E-state index contributed by atoms with van der Waals surface area (Å²) in [6.07, 6.45) is 3.81. The molecule has 3 aromatic rings. The molecule has 0 unspecified atom stereocenters. The normalized spacial score (nSPS) is 15.4. The van der Waals surface area contributed by atoms with Crippen LogP contribution in [0.1, 0.15) is 22.8 Å². The molecule has 0 spiro atoms. The number of carbonyl (C=O) groups excluding carboxylic acids is 2. The van der Waals surface area contributed by atoms with Crippen molar-refractivity contribution in [3.63, 3.8) is 0 Å². The number of hydrogen-bond acceptors (Lipinski definition) is 5. The average Bonchev–Trinajstić information content (AvgIpc) is 3.33. The van der Waals surface area contributed by atoms with Gasteiger partial charge in [-0.1, -0.05) is 18.2 Å². The zero-order valence-corrected chi connectivity index (χ0v) is 14.8. The van der Waals surface area contributed by atoms with E-state index in [1.807, 2.05) is 31.2 Å². The second-order valence-electron chi connectivity index (χ2n) is 6.41. The van der Waals surface area contributed by atoms with E-state index in [1.165, 1.54) is 6.33 Å². The van der Waals surface area contributed by atoms with Gasteiger partial charge in [-0.3, -0.25) is 4.79 Å². The lowest BCUT2D eigenvalue weighted by atomic mass is 10.1. The van der Waals surface area contributed by atoms with Crippen molar-refractivity contribution in [1.29, 1.82) is 0 Å². The highest BCUT2D eigenvalue weighted by Gasteiger charge is 2.31. The topological polar surface area (TPSA) is 77.3 Å². The summed E-state index contributed by atoms with van der Waals surface area (Å²) in [5, 5.41) is 4.03. The zero-order chi connectivity index (χ0) is 18.8. The number of ether oxygens (including phenoxy) is 1. The van der Waals surface area contributed by atoms with E-state index >= 15 is 0 Å². The molecule has 0 aliphatic carbocycles. The molecule has 1 atom stereocenters. The fourth-order valence-electron chi connectivity index (χ4n) is 3.32. The molecule has 1 amide bonds. The Bertz CT molecular complexity index is 967. The Labute approximate surface area is 156 Å². The molecule has 1 aliphatic rings. The minimum Gasteiger partial charge on any atom is -0.452 e. The number of rotatable bonds is 4. The van der Waals surface area contributed by atoms with E-state index in [2.05, 4.69) is 10.1 Å². The summed E-state index contributed by atoms with van der Waals surface area (Å²) in [6.45, 7) is 1.70. The molecule has 4 rings (SSSR count). The minimum absolute atomic E-state index is 0.0514. The predicted octanol–water partition coefficient (Wildman–Crippen LogP) is 2.40. The number of nitrogens with zero attached hydrogens (tertiary/aromatic N) is 4. The van der Waals surface area contributed by atoms with Crippen LogP contribution < -0.4 is 4.90 Å². The first-order valence-corrected chi connectivity index (χ1v) is 8.65. The Morgan fingerprint density at radius 1 is 1.15 bits per heavy atom. The first kappa shape index (κ1) is 17.0. The number of para-hydroxylation sites is 1. The van der Waals surface area contributed by atoms with Crippen molar-refractivity contribution in [3.8, 4) is 5.69 Å². The number of anilines is 1. The first-order chi connectivity index (χ1) is 13.1. The van der Waals surface area contributed by atoms with Gasteiger partial charge in [-0.05, 0) is 49.2 Å². The van der Waals surface area contributed by atoms with Gasteiger partial charge in [0.1, 0.15) is 12.7 Å². The SMILES string of the molecule is C[C@@H]1Cc2ccccc2N1C(=O)COC(=O)c1ccc(-n2cncn2)cc1. The Morgan fingerprint density at radius 3 is 2.67 bits per heavy atom. The van der Waals surface area contributed by atoms with Crippen molar-refractivity contribution in [2.75, 3.05) is 11.5 Å². The Kier molecular flexibility index (Phi) is 4.42. The second-order valence-corrected chi connectivity index (χ2v) is 6.41. The standard InChI is InChI=1S/C20H18N4O3/c1-14-10-16-4-2-3-5-18(16)24(14)19(25)11-27-20(26)15-6-8-17(9-7-15)23-13-21-12-22-23/h2-9,12-14H,10-11H2,1H3/t14-/m1/s1. The fourth-order valence-corrected chi connectivity index (χ4v) is 3.32. The largest absolute Gasteiger partial charge is 0.452 e. The van der Waals surface area contributed by atoms with Gasteiger partial charge in [0, 0.05) is 11.7 Å². The summed E-state index contributed by atoms with van der Waals surface area (Å²) in [6, 6.07) is 14.6. The molecule has 0 saturated carbocycles. The molecular formula is C20H18N4O3. The van der Waals surface area contributed by atoms with Crippen LogP contribution in [0.4, 0.5) is 5.69 Å². The van der Waals surface area contributed by atoms with Crippen LogP contribution >= 0.6 is 0 Å². The van der Waals surface area contributed by atoms with Gasteiger partial charge in [0.25, 0.3) is 5.91 Å². The van der Waals surface area contributed by atoms with Gasteiger partial charge in [-0.25, -0.2) is 14.5 Å². The summed E-state index contributed by atoms with van der Waals surface area (Å²) in [5.41, 5.74) is 3.18. The molecule has 1 aliphatic heterocycles. The van der Waals surface area contributed by atoms with Crippen molar-refractivity contribution in [2.45, 2.75) is 19.4 Å². The van der Waals surface area contributed by atoms with Crippen LogP contribution in [0, 0.1) is 0 Å². The molecule has 0 N–H and O–H groups in total. The number of carbonyl (C=O) groups is 2. The maximum absolute atomic E-state index is 12.6. The van der Waals surface area contributed by atoms with Gasteiger partial charge in [-0.15, -0.1) is 0 Å². The van der Waals surface area contributed by atoms with Crippen molar-refractivity contribution in [3.05, 3.63) is 72.3 Å². The van der Waals surface area contributed by atoms with E-state index in [-0.39, 0.29) is 18.6 Å². The number of esters is 1. The van der Waals surface area contributed by atoms with Crippen LogP contribution in [0.25, 0.3) is 5.69 Å². The Hall–Kier alpha value is -3.48. The van der Waals surface area contributed by atoms with Crippen molar-refractivity contribution < 1.29 is 14.3 Å². The van der Waals surface area contributed by atoms with Gasteiger partial charge < -0.3 is 9.64 Å². The molecule has 7 nitrogen and oxygen atoms in total. The molecule has 0 bridgehead atoms. The maximum Gasteiger partial charge on any atom is 0.338 e. The third-order valence-corrected chi connectivity index (χ3v) is 4.59. The van der Waals surface area contributed by atoms with Crippen LogP contribution in [0.5, 0.6) is 0 Å². The highest BCUT2D eigenvalue weighted by Crippen LogP contribution is 2.31. The Morgan fingerprint density at radius 2 is 1.93 bits per heavy atom. The van der Waals surface area contributed by atoms with Crippen LogP contribution in [0.15, 0.2) is 61.2 Å². The summed E-state index contributed by atoms with van der Waals surface area (Å²) < 4.78 is 6.82. The number of aromatic nitrogens is 3. The lowest BCUT2D eigenvalue weighted by Crippen LogP contribution is -2.38. The van der Waals surface area contributed by atoms with Gasteiger partial charge in [0.15, 0.2) is 6.61 Å². The van der Waals surface area contributed by atoms with Crippen LogP contribution in [0.2, 0.25) is 0 Å². The third-order valence-electron chi connectivity index (χ3n) is 4.59.